The van der Waals surface area contributed by atoms with Gasteiger partial charge < -0.3 is 14.4 Å². The Hall–Kier alpha value is -2.54. The van der Waals surface area contributed by atoms with Gasteiger partial charge in [0.1, 0.15) is 5.69 Å². The molecule has 0 spiro atoms. The van der Waals surface area contributed by atoms with Crippen LogP contribution in [0.4, 0.5) is 0 Å². The van der Waals surface area contributed by atoms with Crippen LogP contribution in [0.2, 0.25) is 0 Å². The summed E-state index contributed by atoms with van der Waals surface area (Å²) in [5.74, 6) is 0.899. The van der Waals surface area contributed by atoms with E-state index in [4.69, 9.17) is 9.47 Å². The summed E-state index contributed by atoms with van der Waals surface area (Å²) in [4.78, 5) is 27.0. The second-order valence-electron chi connectivity index (χ2n) is 6.38. The van der Waals surface area contributed by atoms with Crippen LogP contribution in [0.25, 0.3) is 0 Å². The molecule has 25 heavy (non-hydrogen) atoms. The van der Waals surface area contributed by atoms with E-state index < -0.39 is 0 Å². The highest BCUT2D eigenvalue weighted by Crippen LogP contribution is 2.35. The Morgan fingerprint density at radius 3 is 3.00 bits per heavy atom. The predicted molar refractivity (Wildman–Crippen MR) is 89.1 cm³/mol. The van der Waals surface area contributed by atoms with E-state index in [-0.39, 0.29) is 18.1 Å². The SMILES string of the molecule is O=C(c1cnccn1)N1CCOC2CC(COc3ccccn3)CC21. The molecule has 0 bridgehead atoms. The van der Waals surface area contributed by atoms with Crippen molar-refractivity contribution in [3.63, 3.8) is 0 Å². The van der Waals surface area contributed by atoms with Gasteiger partial charge in [0.2, 0.25) is 5.88 Å². The summed E-state index contributed by atoms with van der Waals surface area (Å²) in [5, 5.41) is 0. The lowest BCUT2D eigenvalue weighted by molar-refractivity contribution is -0.0450. The van der Waals surface area contributed by atoms with E-state index in [0.29, 0.717) is 37.3 Å². The molecular formula is C18H20N4O3. The van der Waals surface area contributed by atoms with Crippen molar-refractivity contribution in [3.8, 4) is 5.88 Å². The van der Waals surface area contributed by atoms with Crippen LogP contribution < -0.4 is 4.74 Å². The molecule has 2 aliphatic rings. The molecule has 2 fully saturated rings. The lowest BCUT2D eigenvalue weighted by Crippen LogP contribution is -2.51. The van der Waals surface area contributed by atoms with Crippen LogP contribution in [0.5, 0.6) is 5.88 Å². The van der Waals surface area contributed by atoms with Gasteiger partial charge in [-0.3, -0.25) is 9.78 Å². The highest BCUT2D eigenvalue weighted by Gasteiger charge is 2.43. The Balaban J connectivity index is 1.41. The van der Waals surface area contributed by atoms with Crippen molar-refractivity contribution in [2.45, 2.75) is 25.0 Å². The van der Waals surface area contributed by atoms with Gasteiger partial charge in [-0.15, -0.1) is 0 Å². The highest BCUT2D eigenvalue weighted by atomic mass is 16.5. The van der Waals surface area contributed by atoms with Crippen molar-refractivity contribution >= 4 is 5.91 Å². The first kappa shape index (κ1) is 16.0. The fraction of sp³-hybridized carbons (Fsp3) is 0.444. The van der Waals surface area contributed by atoms with Crippen molar-refractivity contribution in [2.75, 3.05) is 19.8 Å². The highest BCUT2D eigenvalue weighted by molar-refractivity contribution is 5.92. The topological polar surface area (TPSA) is 77.4 Å². The molecule has 0 N–H and O–H groups in total. The number of fused-ring (bicyclic) bond motifs is 1. The Kier molecular flexibility index (Phi) is 4.56. The molecule has 0 aromatic carbocycles. The number of carbonyl (C=O) groups is 1. The lowest BCUT2D eigenvalue weighted by atomic mass is 10.1. The molecule has 3 atom stereocenters. The number of aromatic nitrogens is 3. The molecule has 4 rings (SSSR count). The standard InChI is InChI=1S/C18H20N4O3/c23-18(14-11-19-5-6-20-14)22-7-8-24-16-10-13(9-15(16)22)12-25-17-3-1-2-4-21-17/h1-6,11,13,15-16H,7-10,12H2. The van der Waals surface area contributed by atoms with E-state index in [1.165, 1.54) is 6.20 Å². The van der Waals surface area contributed by atoms with E-state index in [2.05, 4.69) is 15.0 Å². The minimum atomic E-state index is -0.0716. The number of carbonyl (C=O) groups excluding carboxylic acids is 1. The van der Waals surface area contributed by atoms with Gasteiger partial charge >= 0.3 is 0 Å². The summed E-state index contributed by atoms with van der Waals surface area (Å²) in [6.07, 6.45) is 8.16. The zero-order valence-corrected chi connectivity index (χ0v) is 13.8. The maximum atomic E-state index is 12.8. The minimum Gasteiger partial charge on any atom is -0.477 e. The van der Waals surface area contributed by atoms with Crippen molar-refractivity contribution in [1.29, 1.82) is 0 Å². The Morgan fingerprint density at radius 2 is 2.20 bits per heavy atom. The monoisotopic (exact) mass is 340 g/mol. The normalized spacial score (nSPS) is 25.4. The first-order valence-corrected chi connectivity index (χ1v) is 8.53. The quantitative estimate of drug-likeness (QED) is 0.841. The molecule has 1 amide bonds. The van der Waals surface area contributed by atoms with Crippen molar-refractivity contribution in [3.05, 3.63) is 48.7 Å². The van der Waals surface area contributed by atoms with Crippen molar-refractivity contribution in [1.82, 2.24) is 19.9 Å². The van der Waals surface area contributed by atoms with E-state index in [9.17, 15) is 4.79 Å². The molecule has 1 saturated carbocycles. The van der Waals surface area contributed by atoms with Gasteiger partial charge in [0.25, 0.3) is 5.91 Å². The second kappa shape index (κ2) is 7.14. The molecule has 3 unspecified atom stereocenters. The summed E-state index contributed by atoms with van der Waals surface area (Å²) >= 11 is 0. The fourth-order valence-corrected chi connectivity index (χ4v) is 3.63. The third kappa shape index (κ3) is 3.46. The maximum Gasteiger partial charge on any atom is 0.274 e. The summed E-state index contributed by atoms with van der Waals surface area (Å²) in [6.45, 7) is 1.73. The van der Waals surface area contributed by atoms with E-state index in [1.54, 1.807) is 18.6 Å². The van der Waals surface area contributed by atoms with Crippen LogP contribution in [0.3, 0.4) is 0 Å². The molecule has 1 saturated heterocycles. The summed E-state index contributed by atoms with van der Waals surface area (Å²) in [5.41, 5.74) is 0.385. The Bertz CT molecular complexity index is 713. The van der Waals surface area contributed by atoms with Crippen LogP contribution in [-0.2, 0) is 4.74 Å². The first-order chi connectivity index (χ1) is 12.3. The number of hydrogen-bond acceptors (Lipinski definition) is 6. The van der Waals surface area contributed by atoms with E-state index >= 15 is 0 Å². The molecule has 2 aromatic heterocycles. The van der Waals surface area contributed by atoms with E-state index in [0.717, 1.165) is 12.8 Å². The number of rotatable bonds is 4. The van der Waals surface area contributed by atoms with E-state index in [1.807, 2.05) is 23.1 Å². The molecule has 7 nitrogen and oxygen atoms in total. The fourth-order valence-electron chi connectivity index (χ4n) is 3.63. The molecule has 7 heteroatoms. The third-order valence-corrected chi connectivity index (χ3v) is 4.78. The van der Waals surface area contributed by atoms with Gasteiger partial charge in [-0.2, -0.15) is 0 Å². The lowest BCUT2D eigenvalue weighted by Gasteiger charge is -2.37. The average Bonchev–Trinajstić information content (AvgIpc) is 3.10. The largest absolute Gasteiger partial charge is 0.477 e. The molecule has 1 aliphatic carbocycles. The molecule has 3 heterocycles. The van der Waals surface area contributed by atoms with Crippen LogP contribution in [0, 0.1) is 5.92 Å². The number of morpholine rings is 1. The van der Waals surface area contributed by atoms with Gasteiger partial charge in [-0.1, -0.05) is 6.07 Å². The molecule has 2 aromatic rings. The van der Waals surface area contributed by atoms with Gasteiger partial charge in [-0.05, 0) is 24.8 Å². The number of ether oxygens (including phenoxy) is 2. The summed E-state index contributed by atoms with van der Waals surface area (Å²) in [6, 6.07) is 5.69. The molecule has 0 radical (unpaired) electrons. The second-order valence-corrected chi connectivity index (χ2v) is 6.38. The number of hydrogen-bond donors (Lipinski definition) is 0. The summed E-state index contributed by atoms with van der Waals surface area (Å²) < 4.78 is 11.7. The zero-order chi connectivity index (χ0) is 17.1. The Labute approximate surface area is 146 Å². The predicted octanol–water partition coefficient (Wildman–Crippen LogP) is 1.57. The summed E-state index contributed by atoms with van der Waals surface area (Å²) in [7, 11) is 0. The first-order valence-electron chi connectivity index (χ1n) is 8.53. The number of nitrogens with zero attached hydrogens (tertiary/aromatic N) is 4. The number of pyridine rings is 1. The maximum absolute atomic E-state index is 12.8. The zero-order valence-electron chi connectivity index (χ0n) is 13.8. The van der Waals surface area contributed by atoms with Crippen LogP contribution in [0.1, 0.15) is 23.3 Å². The van der Waals surface area contributed by atoms with Crippen LogP contribution >= 0.6 is 0 Å². The smallest absolute Gasteiger partial charge is 0.274 e. The van der Waals surface area contributed by atoms with Gasteiger partial charge in [-0.25, -0.2) is 9.97 Å². The average molecular weight is 340 g/mol. The number of amides is 1. The van der Waals surface area contributed by atoms with Crippen LogP contribution in [-0.4, -0.2) is 57.7 Å². The van der Waals surface area contributed by atoms with Crippen molar-refractivity contribution < 1.29 is 14.3 Å². The van der Waals surface area contributed by atoms with Gasteiger partial charge in [0.05, 0.1) is 31.6 Å². The molecule has 130 valence electrons. The minimum absolute atomic E-state index is 0.0618. The molecule has 1 aliphatic heterocycles. The van der Waals surface area contributed by atoms with Crippen molar-refractivity contribution in [2.24, 2.45) is 5.92 Å². The molecular weight excluding hydrogens is 320 g/mol. The van der Waals surface area contributed by atoms with Gasteiger partial charge in [0, 0.05) is 31.2 Å². The van der Waals surface area contributed by atoms with Gasteiger partial charge in [0.15, 0.2) is 0 Å². The Morgan fingerprint density at radius 1 is 1.24 bits per heavy atom. The third-order valence-electron chi connectivity index (χ3n) is 4.78. The van der Waals surface area contributed by atoms with Crippen LogP contribution in [0.15, 0.2) is 43.0 Å².